The van der Waals surface area contributed by atoms with Gasteiger partial charge in [0.1, 0.15) is 11.4 Å². The molecule has 2 heterocycles. The van der Waals surface area contributed by atoms with E-state index in [2.05, 4.69) is 27.6 Å². The van der Waals surface area contributed by atoms with Crippen molar-refractivity contribution in [2.24, 2.45) is 0 Å². The number of aliphatic hydroxyl groups excluding tert-OH is 2. The van der Waals surface area contributed by atoms with Crippen molar-refractivity contribution >= 4 is 40.2 Å². The molecule has 0 aliphatic carbocycles. The van der Waals surface area contributed by atoms with E-state index in [1.165, 1.54) is 4.90 Å². The summed E-state index contributed by atoms with van der Waals surface area (Å²) in [6.45, 7) is 5.96. The standard InChI is InChI=1S/C16H24IN3O4/c1-16(2,3)24-15(23)19(4)11-8-18-14(7-10(11)17)20-6-5-13(22)12(20)9-21/h7-8,12-13,21-22H,5-6,9H2,1-4H3. The number of rotatable bonds is 3. The molecule has 8 heteroatoms. The first kappa shape index (κ1) is 19.2. The van der Waals surface area contributed by atoms with Crippen molar-refractivity contribution in [3.63, 3.8) is 0 Å². The van der Waals surface area contributed by atoms with Crippen LogP contribution in [0, 0.1) is 3.57 Å². The second kappa shape index (κ2) is 7.40. The van der Waals surface area contributed by atoms with E-state index in [1.54, 1.807) is 13.2 Å². The van der Waals surface area contributed by atoms with Crippen molar-refractivity contribution < 1.29 is 19.7 Å². The summed E-state index contributed by atoms with van der Waals surface area (Å²) in [5.74, 6) is 0.677. The number of aromatic nitrogens is 1. The molecule has 0 saturated carbocycles. The van der Waals surface area contributed by atoms with Crippen LogP contribution in [0.4, 0.5) is 16.3 Å². The highest BCUT2D eigenvalue weighted by atomic mass is 127. The van der Waals surface area contributed by atoms with E-state index >= 15 is 0 Å². The molecule has 0 spiro atoms. The predicted octanol–water partition coefficient (Wildman–Crippen LogP) is 1.99. The molecule has 7 nitrogen and oxygen atoms in total. The molecule has 2 atom stereocenters. The highest BCUT2D eigenvalue weighted by Gasteiger charge is 2.33. The first-order valence-electron chi connectivity index (χ1n) is 7.82. The number of hydrogen-bond acceptors (Lipinski definition) is 6. The summed E-state index contributed by atoms with van der Waals surface area (Å²) < 4.78 is 6.20. The van der Waals surface area contributed by atoms with Crippen molar-refractivity contribution in [3.05, 3.63) is 15.8 Å². The van der Waals surface area contributed by atoms with Gasteiger partial charge in [-0.05, 0) is 55.8 Å². The van der Waals surface area contributed by atoms with Crippen LogP contribution in [0.2, 0.25) is 0 Å². The second-order valence-corrected chi connectivity index (χ2v) is 7.99. The van der Waals surface area contributed by atoms with E-state index in [0.29, 0.717) is 24.5 Å². The van der Waals surface area contributed by atoms with Crippen molar-refractivity contribution in [1.82, 2.24) is 4.98 Å². The molecule has 24 heavy (non-hydrogen) atoms. The van der Waals surface area contributed by atoms with Gasteiger partial charge in [-0.3, -0.25) is 4.90 Å². The summed E-state index contributed by atoms with van der Waals surface area (Å²) in [5.41, 5.74) is 0.0818. The quantitative estimate of drug-likeness (QED) is 0.687. The number of anilines is 2. The average molecular weight is 449 g/mol. The smallest absolute Gasteiger partial charge is 0.414 e. The number of carbonyl (C=O) groups is 1. The third kappa shape index (κ3) is 4.28. The third-order valence-electron chi connectivity index (χ3n) is 3.84. The molecular weight excluding hydrogens is 425 g/mol. The highest BCUT2D eigenvalue weighted by molar-refractivity contribution is 14.1. The molecule has 1 fully saturated rings. The van der Waals surface area contributed by atoms with Gasteiger partial charge < -0.3 is 19.8 Å². The van der Waals surface area contributed by atoms with Crippen LogP contribution in [0.15, 0.2) is 12.3 Å². The molecule has 2 N–H and O–H groups in total. The molecule has 0 aromatic carbocycles. The SMILES string of the molecule is CN(C(=O)OC(C)(C)C)c1cnc(N2CCC(O)C2CO)cc1I. The molecule has 1 aliphatic rings. The molecule has 1 saturated heterocycles. The van der Waals surface area contributed by atoms with Crippen molar-refractivity contribution in [3.8, 4) is 0 Å². The van der Waals surface area contributed by atoms with Crippen molar-refractivity contribution in [1.29, 1.82) is 0 Å². The molecule has 0 bridgehead atoms. The number of nitrogens with zero attached hydrogens (tertiary/aromatic N) is 3. The van der Waals surface area contributed by atoms with Crippen LogP contribution in [-0.4, -0.2) is 59.2 Å². The van der Waals surface area contributed by atoms with Crippen LogP contribution < -0.4 is 9.80 Å². The molecule has 2 rings (SSSR count). The molecular formula is C16H24IN3O4. The third-order valence-corrected chi connectivity index (χ3v) is 4.70. The van der Waals surface area contributed by atoms with Crippen LogP contribution in [0.3, 0.4) is 0 Å². The van der Waals surface area contributed by atoms with Gasteiger partial charge in [-0.25, -0.2) is 9.78 Å². The van der Waals surface area contributed by atoms with Gasteiger partial charge in [0.05, 0.1) is 30.6 Å². The lowest BCUT2D eigenvalue weighted by Crippen LogP contribution is -2.39. The summed E-state index contributed by atoms with van der Waals surface area (Å²) in [6.07, 6.45) is 1.21. The topological polar surface area (TPSA) is 86.1 Å². The summed E-state index contributed by atoms with van der Waals surface area (Å²) in [7, 11) is 1.64. The summed E-state index contributed by atoms with van der Waals surface area (Å²) >= 11 is 2.14. The van der Waals surface area contributed by atoms with Crippen LogP contribution in [0.25, 0.3) is 0 Å². The Hall–Kier alpha value is -1.13. The number of ether oxygens (including phenoxy) is 1. The van der Waals surface area contributed by atoms with E-state index in [9.17, 15) is 15.0 Å². The lowest BCUT2D eigenvalue weighted by atomic mass is 10.2. The number of amides is 1. The normalized spacial score (nSPS) is 21.0. The molecule has 1 aromatic rings. The Labute approximate surface area is 155 Å². The Morgan fingerprint density at radius 3 is 2.75 bits per heavy atom. The zero-order chi connectivity index (χ0) is 18.1. The Bertz CT molecular complexity index is 605. The van der Waals surface area contributed by atoms with E-state index in [1.807, 2.05) is 31.7 Å². The lowest BCUT2D eigenvalue weighted by molar-refractivity contribution is 0.0589. The van der Waals surface area contributed by atoms with Gasteiger partial charge in [-0.2, -0.15) is 0 Å². The molecule has 1 aliphatic heterocycles. The zero-order valence-electron chi connectivity index (χ0n) is 14.4. The van der Waals surface area contributed by atoms with Crippen LogP contribution >= 0.6 is 22.6 Å². The number of pyridine rings is 1. The van der Waals surface area contributed by atoms with E-state index < -0.39 is 17.8 Å². The van der Waals surface area contributed by atoms with E-state index in [-0.39, 0.29) is 12.6 Å². The number of carbonyl (C=O) groups excluding carboxylic acids is 1. The highest BCUT2D eigenvalue weighted by Crippen LogP contribution is 2.29. The summed E-state index contributed by atoms with van der Waals surface area (Å²) in [4.78, 5) is 19.9. The van der Waals surface area contributed by atoms with Crippen LogP contribution in [0.5, 0.6) is 0 Å². The summed E-state index contributed by atoms with van der Waals surface area (Å²) in [6, 6.07) is 1.50. The van der Waals surface area contributed by atoms with Gasteiger partial charge >= 0.3 is 6.09 Å². The monoisotopic (exact) mass is 449 g/mol. The zero-order valence-corrected chi connectivity index (χ0v) is 16.5. The number of aliphatic hydroxyl groups is 2. The minimum atomic E-state index is -0.565. The lowest BCUT2D eigenvalue weighted by Gasteiger charge is -2.27. The predicted molar refractivity (Wildman–Crippen MR) is 100 cm³/mol. The Morgan fingerprint density at radius 1 is 1.54 bits per heavy atom. The molecule has 1 amide bonds. The van der Waals surface area contributed by atoms with Gasteiger partial charge in [0, 0.05) is 17.2 Å². The molecule has 2 unspecified atom stereocenters. The fraction of sp³-hybridized carbons (Fsp3) is 0.625. The van der Waals surface area contributed by atoms with Crippen LogP contribution in [-0.2, 0) is 4.74 Å². The first-order chi connectivity index (χ1) is 11.1. The maximum Gasteiger partial charge on any atom is 0.414 e. The minimum absolute atomic E-state index is 0.126. The number of hydrogen-bond donors (Lipinski definition) is 2. The molecule has 0 radical (unpaired) electrons. The molecule has 1 aromatic heterocycles. The van der Waals surface area contributed by atoms with Gasteiger partial charge in [0.15, 0.2) is 0 Å². The summed E-state index contributed by atoms with van der Waals surface area (Å²) in [5, 5.41) is 19.4. The fourth-order valence-corrected chi connectivity index (χ4v) is 3.37. The maximum atomic E-state index is 12.2. The van der Waals surface area contributed by atoms with Gasteiger partial charge in [0.2, 0.25) is 0 Å². The first-order valence-corrected chi connectivity index (χ1v) is 8.89. The fourth-order valence-electron chi connectivity index (χ4n) is 2.59. The van der Waals surface area contributed by atoms with Crippen LogP contribution in [0.1, 0.15) is 27.2 Å². The second-order valence-electron chi connectivity index (χ2n) is 6.83. The minimum Gasteiger partial charge on any atom is -0.443 e. The Kier molecular flexibility index (Phi) is 5.92. The number of halogens is 1. The van der Waals surface area contributed by atoms with Crippen molar-refractivity contribution in [2.45, 2.75) is 44.9 Å². The Balaban J connectivity index is 2.19. The van der Waals surface area contributed by atoms with Gasteiger partial charge in [0.25, 0.3) is 0 Å². The Morgan fingerprint density at radius 2 is 2.21 bits per heavy atom. The van der Waals surface area contributed by atoms with Gasteiger partial charge in [-0.1, -0.05) is 0 Å². The van der Waals surface area contributed by atoms with Crippen molar-refractivity contribution in [2.75, 3.05) is 30.0 Å². The van der Waals surface area contributed by atoms with E-state index in [4.69, 9.17) is 4.74 Å². The molecule has 134 valence electrons. The van der Waals surface area contributed by atoms with Gasteiger partial charge in [-0.15, -0.1) is 0 Å². The largest absolute Gasteiger partial charge is 0.443 e. The average Bonchev–Trinajstić information content (AvgIpc) is 2.85. The van der Waals surface area contributed by atoms with E-state index in [0.717, 1.165) is 3.57 Å². The maximum absolute atomic E-state index is 12.2.